The van der Waals surface area contributed by atoms with Crippen LogP contribution in [0, 0.1) is 0 Å². The van der Waals surface area contributed by atoms with Crippen molar-refractivity contribution in [3.8, 4) is 0 Å². The molecule has 0 fully saturated rings. The highest BCUT2D eigenvalue weighted by molar-refractivity contribution is 14.0. The number of rotatable bonds is 8. The first-order valence-electron chi connectivity index (χ1n) is 9.22. The van der Waals surface area contributed by atoms with Crippen molar-refractivity contribution in [2.45, 2.75) is 25.9 Å². The quantitative estimate of drug-likeness (QED) is 0.220. The van der Waals surface area contributed by atoms with E-state index in [9.17, 15) is 0 Å². The summed E-state index contributed by atoms with van der Waals surface area (Å²) in [6.07, 6.45) is 5.41. The van der Waals surface area contributed by atoms with E-state index in [0.29, 0.717) is 0 Å². The summed E-state index contributed by atoms with van der Waals surface area (Å²) in [7, 11) is 1.80. The molecule has 148 valence electrons. The molecule has 1 aromatic heterocycles. The van der Waals surface area contributed by atoms with E-state index in [-0.39, 0.29) is 24.0 Å². The molecule has 0 unspecified atom stereocenters. The van der Waals surface area contributed by atoms with Crippen molar-refractivity contribution in [1.29, 1.82) is 0 Å². The molecular weight excluding hydrogens is 463 g/mol. The number of aromatic nitrogens is 3. The Morgan fingerprint density at radius 1 is 1.00 bits per heavy atom. The molecule has 3 aromatic rings. The Morgan fingerprint density at radius 2 is 1.79 bits per heavy atom. The van der Waals surface area contributed by atoms with E-state index >= 15 is 0 Å². The van der Waals surface area contributed by atoms with Crippen LogP contribution in [-0.2, 0) is 19.5 Å². The van der Waals surface area contributed by atoms with Gasteiger partial charge >= 0.3 is 0 Å². The van der Waals surface area contributed by atoms with Gasteiger partial charge in [0.05, 0.1) is 6.54 Å². The first-order chi connectivity index (χ1) is 13.3. The lowest BCUT2D eigenvalue weighted by molar-refractivity contribution is 0.683. The Hall–Kier alpha value is -2.42. The van der Waals surface area contributed by atoms with Crippen LogP contribution in [0.5, 0.6) is 0 Å². The van der Waals surface area contributed by atoms with Gasteiger partial charge in [-0.15, -0.1) is 24.0 Å². The molecule has 0 aliphatic heterocycles. The van der Waals surface area contributed by atoms with E-state index < -0.39 is 0 Å². The SMILES string of the molecule is CN=C(NCCCc1ccccc1)NCc1cccc(Cn2cncn2)c1.I. The summed E-state index contributed by atoms with van der Waals surface area (Å²) in [5.41, 5.74) is 3.77. The summed E-state index contributed by atoms with van der Waals surface area (Å²) < 4.78 is 1.82. The van der Waals surface area contributed by atoms with Crippen LogP contribution < -0.4 is 10.6 Å². The standard InChI is InChI=1S/C21H26N6.HI/c1-22-21(24-12-6-11-18-7-3-2-4-8-18)25-14-19-9-5-10-20(13-19)15-27-17-23-16-26-27;/h2-5,7-10,13,16-17H,6,11-12,14-15H2,1H3,(H2,22,24,25);1H. The van der Waals surface area contributed by atoms with Crippen LogP contribution in [0.2, 0.25) is 0 Å². The molecular formula is C21H27IN6. The van der Waals surface area contributed by atoms with Gasteiger partial charge in [0.25, 0.3) is 0 Å². The van der Waals surface area contributed by atoms with E-state index in [1.165, 1.54) is 16.7 Å². The molecule has 0 aliphatic rings. The second kappa shape index (κ2) is 12.1. The highest BCUT2D eigenvalue weighted by Crippen LogP contribution is 2.06. The van der Waals surface area contributed by atoms with Gasteiger partial charge in [-0.05, 0) is 29.5 Å². The number of hydrogen-bond donors (Lipinski definition) is 2. The fourth-order valence-electron chi connectivity index (χ4n) is 2.89. The fourth-order valence-corrected chi connectivity index (χ4v) is 2.89. The Morgan fingerprint density at radius 3 is 2.54 bits per heavy atom. The van der Waals surface area contributed by atoms with E-state index in [1.54, 1.807) is 19.7 Å². The Balaban J connectivity index is 0.00000280. The van der Waals surface area contributed by atoms with E-state index in [0.717, 1.165) is 38.4 Å². The van der Waals surface area contributed by atoms with Gasteiger partial charge in [0.2, 0.25) is 0 Å². The van der Waals surface area contributed by atoms with Gasteiger partial charge in [0, 0.05) is 20.1 Å². The van der Waals surface area contributed by atoms with Gasteiger partial charge < -0.3 is 10.6 Å². The lowest BCUT2D eigenvalue weighted by Crippen LogP contribution is -2.37. The minimum absolute atomic E-state index is 0. The van der Waals surface area contributed by atoms with Gasteiger partial charge in [-0.2, -0.15) is 5.10 Å². The second-order valence-electron chi connectivity index (χ2n) is 6.35. The number of benzene rings is 2. The molecule has 0 radical (unpaired) electrons. The highest BCUT2D eigenvalue weighted by Gasteiger charge is 2.01. The van der Waals surface area contributed by atoms with E-state index in [4.69, 9.17) is 0 Å². The molecule has 0 saturated heterocycles. The molecule has 0 aliphatic carbocycles. The van der Waals surface area contributed by atoms with Crippen molar-refractivity contribution >= 4 is 29.9 Å². The van der Waals surface area contributed by atoms with Crippen molar-refractivity contribution in [1.82, 2.24) is 25.4 Å². The maximum Gasteiger partial charge on any atom is 0.191 e. The van der Waals surface area contributed by atoms with Crippen molar-refractivity contribution < 1.29 is 0 Å². The van der Waals surface area contributed by atoms with E-state index in [2.05, 4.69) is 80.3 Å². The zero-order valence-corrected chi connectivity index (χ0v) is 18.4. The summed E-state index contributed by atoms with van der Waals surface area (Å²) >= 11 is 0. The minimum Gasteiger partial charge on any atom is -0.356 e. The van der Waals surface area contributed by atoms with Gasteiger partial charge in [0.15, 0.2) is 5.96 Å². The monoisotopic (exact) mass is 490 g/mol. The topological polar surface area (TPSA) is 67.1 Å². The molecule has 3 rings (SSSR count). The Bertz CT molecular complexity index is 833. The number of aliphatic imine (C=N–C) groups is 1. The summed E-state index contributed by atoms with van der Waals surface area (Å²) in [6.45, 7) is 2.34. The molecule has 1 heterocycles. The van der Waals surface area contributed by atoms with Crippen LogP contribution in [-0.4, -0.2) is 34.3 Å². The van der Waals surface area contributed by atoms with Crippen molar-refractivity contribution in [2.24, 2.45) is 4.99 Å². The lowest BCUT2D eigenvalue weighted by Gasteiger charge is -2.12. The summed E-state index contributed by atoms with van der Waals surface area (Å²) in [6, 6.07) is 19.0. The smallest absolute Gasteiger partial charge is 0.191 e. The van der Waals surface area contributed by atoms with Gasteiger partial charge in [0.1, 0.15) is 12.7 Å². The molecule has 0 atom stereocenters. The first kappa shape index (κ1) is 21.9. The number of nitrogens with zero attached hydrogens (tertiary/aromatic N) is 4. The predicted molar refractivity (Wildman–Crippen MR) is 124 cm³/mol. The van der Waals surface area contributed by atoms with E-state index in [1.807, 2.05) is 4.68 Å². The van der Waals surface area contributed by atoms with Gasteiger partial charge in [-0.1, -0.05) is 54.6 Å². The maximum atomic E-state index is 4.30. The van der Waals surface area contributed by atoms with Crippen LogP contribution in [0.4, 0.5) is 0 Å². The normalized spacial score (nSPS) is 11.0. The van der Waals surface area contributed by atoms with Crippen molar-refractivity contribution in [2.75, 3.05) is 13.6 Å². The Kier molecular flexibility index (Phi) is 9.47. The third-order valence-electron chi connectivity index (χ3n) is 4.26. The van der Waals surface area contributed by atoms with Crippen molar-refractivity contribution in [3.63, 3.8) is 0 Å². The van der Waals surface area contributed by atoms with Crippen LogP contribution in [0.1, 0.15) is 23.1 Å². The third kappa shape index (κ3) is 7.30. The number of hydrogen-bond acceptors (Lipinski definition) is 3. The summed E-state index contributed by atoms with van der Waals surface area (Å²) in [5.74, 6) is 0.824. The van der Waals surface area contributed by atoms with Crippen molar-refractivity contribution in [3.05, 3.63) is 83.9 Å². The zero-order chi connectivity index (χ0) is 18.7. The molecule has 0 saturated carbocycles. The third-order valence-corrected chi connectivity index (χ3v) is 4.26. The number of aryl methyl sites for hydroxylation is 1. The second-order valence-corrected chi connectivity index (χ2v) is 6.35. The molecule has 0 bridgehead atoms. The van der Waals surface area contributed by atoms with Crippen LogP contribution in [0.15, 0.2) is 72.2 Å². The predicted octanol–water partition coefficient (Wildman–Crippen LogP) is 3.24. The maximum absolute atomic E-state index is 4.30. The molecule has 7 heteroatoms. The van der Waals surface area contributed by atoms with Crippen LogP contribution in [0.3, 0.4) is 0 Å². The average Bonchev–Trinajstić information content (AvgIpc) is 3.21. The molecule has 28 heavy (non-hydrogen) atoms. The lowest BCUT2D eigenvalue weighted by atomic mass is 10.1. The fraction of sp³-hybridized carbons (Fsp3) is 0.286. The minimum atomic E-state index is 0. The highest BCUT2D eigenvalue weighted by atomic mass is 127. The van der Waals surface area contributed by atoms with Crippen LogP contribution in [0.25, 0.3) is 0 Å². The molecule has 2 aromatic carbocycles. The van der Waals surface area contributed by atoms with Crippen LogP contribution >= 0.6 is 24.0 Å². The molecule has 0 spiro atoms. The first-order valence-corrected chi connectivity index (χ1v) is 9.22. The number of halogens is 1. The zero-order valence-electron chi connectivity index (χ0n) is 16.1. The molecule has 2 N–H and O–H groups in total. The number of guanidine groups is 1. The summed E-state index contributed by atoms with van der Waals surface area (Å²) in [4.78, 5) is 8.28. The van der Waals surface area contributed by atoms with Gasteiger partial charge in [-0.25, -0.2) is 9.67 Å². The molecule has 0 amide bonds. The largest absolute Gasteiger partial charge is 0.356 e. The Labute approximate surface area is 183 Å². The number of nitrogens with one attached hydrogen (secondary N) is 2. The van der Waals surface area contributed by atoms with Gasteiger partial charge in [-0.3, -0.25) is 4.99 Å². The molecule has 6 nitrogen and oxygen atoms in total. The summed E-state index contributed by atoms with van der Waals surface area (Å²) in [5, 5.41) is 10.9. The average molecular weight is 490 g/mol.